The van der Waals surface area contributed by atoms with Gasteiger partial charge in [-0.2, -0.15) is 0 Å². The van der Waals surface area contributed by atoms with E-state index < -0.39 is 0 Å². The number of hydrogen-bond donors (Lipinski definition) is 1. The van der Waals surface area contributed by atoms with Gasteiger partial charge < -0.3 is 33.6 Å². The first kappa shape index (κ1) is 25.0. The smallest absolute Gasteiger partial charge is 0.118 e. The van der Waals surface area contributed by atoms with Gasteiger partial charge in [0, 0.05) is 12.3 Å². The lowest BCUT2D eigenvalue weighted by Gasteiger charge is -2.47. The number of halogens is 1. The van der Waals surface area contributed by atoms with Crippen LogP contribution in [0.5, 0.6) is 5.75 Å². The molecule has 0 bridgehead atoms. The van der Waals surface area contributed by atoms with Crippen LogP contribution in [0.1, 0.15) is 70.1 Å². The molecule has 1 atom stereocenters. The molecule has 0 unspecified atom stereocenters. The topological polar surface area (TPSA) is 20.2 Å². The number of phenols is 1. The number of hydrogen-bond acceptors (Lipinski definition) is 1. The van der Waals surface area contributed by atoms with Gasteiger partial charge in [-0.15, -0.1) is 0 Å². The molecule has 2 aromatic carbocycles. The van der Waals surface area contributed by atoms with E-state index in [9.17, 15) is 5.11 Å². The van der Waals surface area contributed by atoms with Gasteiger partial charge in [-0.25, -0.2) is 0 Å². The van der Waals surface area contributed by atoms with E-state index in [1.165, 1.54) is 30.6 Å². The minimum atomic E-state index is 0. The van der Waals surface area contributed by atoms with Gasteiger partial charge in [0.1, 0.15) is 5.75 Å². The predicted molar refractivity (Wildman–Crippen MR) is 116 cm³/mol. The van der Waals surface area contributed by atoms with E-state index in [-0.39, 0.29) is 24.0 Å². The summed E-state index contributed by atoms with van der Waals surface area (Å²) in [7, 11) is 0. The summed E-state index contributed by atoms with van der Waals surface area (Å²) < 4.78 is 1.16. The van der Waals surface area contributed by atoms with Gasteiger partial charge in [-0.3, -0.25) is 0 Å². The summed E-state index contributed by atoms with van der Waals surface area (Å²) in [5.41, 5.74) is 3.62. The quantitative estimate of drug-likeness (QED) is 0.419. The molecular weight excluding hydrogens is 457 g/mol. The van der Waals surface area contributed by atoms with Crippen molar-refractivity contribution in [1.82, 2.24) is 0 Å². The Hall–Kier alpha value is -1.07. The van der Waals surface area contributed by atoms with Gasteiger partial charge >= 0.3 is 0 Å². The summed E-state index contributed by atoms with van der Waals surface area (Å²) in [6.07, 6.45) is 2.33. The summed E-state index contributed by atoms with van der Waals surface area (Å²) in [5.74, 6) is 0.739. The fraction of sp³-hybridized carbons (Fsp3) is 0.520. The maximum atomic E-state index is 9.97. The predicted octanol–water partition coefficient (Wildman–Crippen LogP) is 3.27. The number of rotatable bonds is 9. The first-order valence-corrected chi connectivity index (χ1v) is 10.5. The highest BCUT2D eigenvalue weighted by molar-refractivity contribution is 5.40. The van der Waals surface area contributed by atoms with Crippen LogP contribution in [0.3, 0.4) is 0 Å². The van der Waals surface area contributed by atoms with Crippen molar-refractivity contribution < 1.29 is 33.6 Å². The van der Waals surface area contributed by atoms with Crippen LogP contribution in [-0.2, 0) is 0 Å². The average molecular weight is 495 g/mol. The Morgan fingerprint density at radius 2 is 1.46 bits per heavy atom. The monoisotopic (exact) mass is 495 g/mol. The van der Waals surface area contributed by atoms with Crippen LogP contribution in [0.2, 0.25) is 0 Å². The molecule has 0 heterocycles. The number of phenolic OH excluding ortho intramolecular Hbond substituents is 1. The number of aryl methyl sites for hydroxylation is 1. The molecule has 0 radical (unpaired) electrons. The molecule has 0 aliphatic heterocycles. The Balaban J connectivity index is 0.00000392. The van der Waals surface area contributed by atoms with Crippen LogP contribution in [-0.4, -0.2) is 34.8 Å². The Bertz CT molecular complexity index is 704. The summed E-state index contributed by atoms with van der Waals surface area (Å²) in [4.78, 5) is 0. The van der Waals surface area contributed by atoms with E-state index in [0.717, 1.165) is 16.5 Å². The SMILES string of the molecule is CCC[N+](CC[C@H](c1ccccc1)c1ccc(O)c(C)c1)(C(C)C)C(C)C.[I-]. The highest BCUT2D eigenvalue weighted by Crippen LogP contribution is 2.33. The number of quaternary nitrogens is 1. The fourth-order valence-electron chi connectivity index (χ4n) is 4.63. The molecule has 0 saturated carbocycles. The second-order valence-corrected chi connectivity index (χ2v) is 8.54. The molecule has 0 amide bonds. The van der Waals surface area contributed by atoms with Crippen molar-refractivity contribution in [3.05, 3.63) is 65.2 Å². The van der Waals surface area contributed by atoms with E-state index in [1.807, 2.05) is 13.0 Å². The lowest BCUT2D eigenvalue weighted by atomic mass is 9.86. The third-order valence-corrected chi connectivity index (χ3v) is 6.36. The minimum Gasteiger partial charge on any atom is -1.00 e. The summed E-state index contributed by atoms with van der Waals surface area (Å²) in [5, 5.41) is 9.97. The van der Waals surface area contributed by atoms with Crippen LogP contribution in [0.15, 0.2) is 48.5 Å². The number of aromatic hydroxyl groups is 1. The molecule has 0 aliphatic rings. The molecule has 2 rings (SSSR count). The van der Waals surface area contributed by atoms with Crippen molar-refractivity contribution in [1.29, 1.82) is 0 Å². The minimum absolute atomic E-state index is 0. The average Bonchev–Trinajstić information content (AvgIpc) is 2.64. The third kappa shape index (κ3) is 5.73. The highest BCUT2D eigenvalue weighted by Gasteiger charge is 2.34. The standard InChI is InChI=1S/C25H37NO.HI/c1-7-16-26(19(2)3,20(4)5)17-15-24(22-11-9-8-10-12-22)23-13-14-25(27)21(6)18-23;/h8-14,18-20,24H,7,15-17H2,1-6H3;1H/t24-;/m1./s1. The maximum absolute atomic E-state index is 9.97. The summed E-state index contributed by atoms with van der Waals surface area (Å²) in [6, 6.07) is 18.2. The van der Waals surface area contributed by atoms with Gasteiger partial charge in [0.25, 0.3) is 0 Å². The Morgan fingerprint density at radius 1 is 0.857 bits per heavy atom. The second-order valence-electron chi connectivity index (χ2n) is 8.54. The van der Waals surface area contributed by atoms with Crippen LogP contribution in [0.4, 0.5) is 0 Å². The maximum Gasteiger partial charge on any atom is 0.118 e. The molecule has 0 spiro atoms. The van der Waals surface area contributed by atoms with E-state index in [4.69, 9.17) is 0 Å². The molecule has 2 nitrogen and oxygen atoms in total. The molecule has 156 valence electrons. The van der Waals surface area contributed by atoms with Gasteiger partial charge in [0.15, 0.2) is 0 Å². The summed E-state index contributed by atoms with van der Waals surface area (Å²) in [6.45, 7) is 16.2. The fourth-order valence-corrected chi connectivity index (χ4v) is 4.63. The molecule has 28 heavy (non-hydrogen) atoms. The van der Waals surface area contributed by atoms with E-state index in [0.29, 0.717) is 23.8 Å². The lowest BCUT2D eigenvalue weighted by Crippen LogP contribution is -3.00. The van der Waals surface area contributed by atoms with E-state index in [2.05, 4.69) is 77.1 Å². The zero-order chi connectivity index (χ0) is 20.0. The van der Waals surface area contributed by atoms with Gasteiger partial charge in [-0.05, 0) is 63.8 Å². The van der Waals surface area contributed by atoms with Crippen LogP contribution in [0.25, 0.3) is 0 Å². The first-order chi connectivity index (χ1) is 12.8. The molecular formula is C25H38INO. The normalized spacial score (nSPS) is 12.9. The Morgan fingerprint density at radius 3 is 1.96 bits per heavy atom. The zero-order valence-corrected chi connectivity index (χ0v) is 20.6. The van der Waals surface area contributed by atoms with Crippen molar-refractivity contribution in [2.24, 2.45) is 0 Å². The van der Waals surface area contributed by atoms with Crippen LogP contribution >= 0.6 is 0 Å². The van der Waals surface area contributed by atoms with Crippen molar-refractivity contribution in [3.63, 3.8) is 0 Å². The van der Waals surface area contributed by atoms with Crippen molar-refractivity contribution in [2.75, 3.05) is 13.1 Å². The second kappa shape index (κ2) is 11.2. The molecule has 3 heteroatoms. The van der Waals surface area contributed by atoms with Crippen LogP contribution in [0, 0.1) is 6.92 Å². The molecule has 2 aromatic rings. The molecule has 0 saturated heterocycles. The molecule has 0 aromatic heterocycles. The lowest BCUT2D eigenvalue weighted by molar-refractivity contribution is -0.967. The largest absolute Gasteiger partial charge is 1.00 e. The first-order valence-electron chi connectivity index (χ1n) is 10.5. The van der Waals surface area contributed by atoms with E-state index in [1.54, 1.807) is 0 Å². The highest BCUT2D eigenvalue weighted by atomic mass is 127. The van der Waals surface area contributed by atoms with Crippen molar-refractivity contribution in [3.8, 4) is 5.75 Å². The Kier molecular flexibility index (Phi) is 9.99. The van der Waals surface area contributed by atoms with E-state index >= 15 is 0 Å². The molecule has 0 aliphatic carbocycles. The summed E-state index contributed by atoms with van der Waals surface area (Å²) >= 11 is 0. The zero-order valence-electron chi connectivity index (χ0n) is 18.5. The van der Waals surface area contributed by atoms with Crippen molar-refractivity contribution in [2.45, 2.75) is 72.4 Å². The van der Waals surface area contributed by atoms with Gasteiger partial charge in [0.2, 0.25) is 0 Å². The van der Waals surface area contributed by atoms with Crippen LogP contribution < -0.4 is 24.0 Å². The van der Waals surface area contributed by atoms with Crippen molar-refractivity contribution >= 4 is 0 Å². The Labute approximate surface area is 189 Å². The molecule has 1 N–H and O–H groups in total. The number of nitrogens with zero attached hydrogens (tertiary/aromatic N) is 1. The third-order valence-electron chi connectivity index (χ3n) is 6.36. The molecule has 0 fully saturated rings. The van der Waals surface area contributed by atoms with Gasteiger partial charge in [-0.1, -0.05) is 49.4 Å². The van der Waals surface area contributed by atoms with Gasteiger partial charge in [0.05, 0.1) is 25.2 Å². The number of benzene rings is 2.